The third kappa shape index (κ3) is 4.84. The van der Waals surface area contributed by atoms with Gasteiger partial charge in [-0.3, -0.25) is 0 Å². The number of aliphatic hydroxyl groups is 1. The first kappa shape index (κ1) is 14.0. The molecule has 0 aromatic carbocycles. The van der Waals surface area contributed by atoms with Crippen molar-refractivity contribution in [2.45, 2.75) is 77.4 Å². The quantitative estimate of drug-likeness (QED) is 0.655. The molecule has 2 N–H and O–H groups in total. The van der Waals surface area contributed by atoms with Crippen LogP contribution in [0.15, 0.2) is 0 Å². The molecule has 0 saturated heterocycles. The highest BCUT2D eigenvalue weighted by molar-refractivity contribution is 4.80. The highest BCUT2D eigenvalue weighted by Crippen LogP contribution is 2.26. The maximum Gasteiger partial charge on any atom is 0.0538 e. The molecule has 1 saturated carbocycles. The van der Waals surface area contributed by atoms with Gasteiger partial charge in [0.05, 0.1) is 6.10 Å². The normalized spacial score (nSPS) is 27.9. The summed E-state index contributed by atoms with van der Waals surface area (Å²) in [5.41, 5.74) is 0. The van der Waals surface area contributed by atoms with Gasteiger partial charge in [-0.1, -0.05) is 33.1 Å². The Morgan fingerprint density at radius 1 is 1.25 bits per heavy atom. The van der Waals surface area contributed by atoms with Gasteiger partial charge in [0.25, 0.3) is 0 Å². The van der Waals surface area contributed by atoms with Gasteiger partial charge in [-0.15, -0.1) is 0 Å². The molecule has 0 bridgehead atoms. The van der Waals surface area contributed by atoms with Crippen LogP contribution < -0.4 is 5.32 Å². The zero-order valence-electron chi connectivity index (χ0n) is 11.0. The predicted octanol–water partition coefficient (Wildman–Crippen LogP) is 3.10. The fraction of sp³-hybridized carbons (Fsp3) is 1.00. The molecule has 2 nitrogen and oxygen atoms in total. The molecule has 1 rings (SSSR count). The summed E-state index contributed by atoms with van der Waals surface area (Å²) in [6.45, 7) is 5.44. The molecule has 3 atom stereocenters. The fourth-order valence-electron chi connectivity index (χ4n) is 2.79. The molecule has 0 aromatic rings. The van der Waals surface area contributed by atoms with Gasteiger partial charge in [0.1, 0.15) is 0 Å². The summed E-state index contributed by atoms with van der Waals surface area (Å²) < 4.78 is 0. The molecule has 1 aliphatic carbocycles. The second-order valence-corrected chi connectivity index (χ2v) is 5.22. The molecule has 0 heterocycles. The van der Waals surface area contributed by atoms with Crippen molar-refractivity contribution in [3.63, 3.8) is 0 Å². The fourth-order valence-corrected chi connectivity index (χ4v) is 2.79. The molecular weight excluding hydrogens is 198 g/mol. The van der Waals surface area contributed by atoms with Crippen molar-refractivity contribution in [2.75, 3.05) is 6.54 Å². The maximum atomic E-state index is 9.47. The Hall–Kier alpha value is -0.0800. The highest BCUT2D eigenvalue weighted by atomic mass is 16.3. The number of hydrogen-bond acceptors (Lipinski definition) is 2. The van der Waals surface area contributed by atoms with Gasteiger partial charge >= 0.3 is 0 Å². The Labute approximate surface area is 101 Å². The first-order valence-corrected chi connectivity index (χ1v) is 7.19. The van der Waals surface area contributed by atoms with Crippen LogP contribution in [0.4, 0.5) is 0 Å². The Balaban J connectivity index is 2.10. The average Bonchev–Trinajstić information content (AvgIpc) is 2.34. The summed E-state index contributed by atoms with van der Waals surface area (Å²) in [5.74, 6) is 0.893. The molecule has 3 unspecified atom stereocenters. The lowest BCUT2D eigenvalue weighted by molar-refractivity contribution is 0.155. The van der Waals surface area contributed by atoms with E-state index >= 15 is 0 Å². The monoisotopic (exact) mass is 227 g/mol. The summed E-state index contributed by atoms with van der Waals surface area (Å²) >= 11 is 0. The SMILES string of the molecule is CCC(O)CCCNC1CCCCC1CC. The average molecular weight is 227 g/mol. The molecule has 16 heavy (non-hydrogen) atoms. The molecule has 2 heteroatoms. The van der Waals surface area contributed by atoms with Crippen LogP contribution in [0.5, 0.6) is 0 Å². The second-order valence-electron chi connectivity index (χ2n) is 5.22. The highest BCUT2D eigenvalue weighted by Gasteiger charge is 2.22. The van der Waals surface area contributed by atoms with E-state index in [-0.39, 0.29) is 6.10 Å². The first-order valence-electron chi connectivity index (χ1n) is 7.19. The van der Waals surface area contributed by atoms with Crippen LogP contribution in [0.1, 0.15) is 65.2 Å². The summed E-state index contributed by atoms with van der Waals surface area (Å²) in [7, 11) is 0. The van der Waals surface area contributed by atoms with Gasteiger partial charge in [-0.25, -0.2) is 0 Å². The number of hydrogen-bond donors (Lipinski definition) is 2. The van der Waals surface area contributed by atoms with Crippen LogP contribution in [0, 0.1) is 5.92 Å². The zero-order valence-corrected chi connectivity index (χ0v) is 11.0. The zero-order chi connectivity index (χ0) is 11.8. The van der Waals surface area contributed by atoms with E-state index < -0.39 is 0 Å². The Kier molecular flexibility index (Phi) is 7.06. The molecule has 0 radical (unpaired) electrons. The summed E-state index contributed by atoms with van der Waals surface area (Å²) in [5, 5.41) is 13.2. The van der Waals surface area contributed by atoms with E-state index in [0.29, 0.717) is 0 Å². The third-order valence-electron chi connectivity index (χ3n) is 4.03. The van der Waals surface area contributed by atoms with Crippen molar-refractivity contribution in [3.8, 4) is 0 Å². The summed E-state index contributed by atoms with van der Waals surface area (Å²) in [4.78, 5) is 0. The lowest BCUT2D eigenvalue weighted by atomic mass is 9.83. The van der Waals surface area contributed by atoms with Crippen molar-refractivity contribution in [1.82, 2.24) is 5.32 Å². The molecule has 0 amide bonds. The van der Waals surface area contributed by atoms with E-state index in [0.717, 1.165) is 37.8 Å². The molecule has 1 fully saturated rings. The molecule has 0 aliphatic heterocycles. The van der Waals surface area contributed by atoms with Crippen LogP contribution in [0.2, 0.25) is 0 Å². The minimum absolute atomic E-state index is 0.0878. The van der Waals surface area contributed by atoms with E-state index in [1.807, 2.05) is 6.92 Å². The molecule has 1 aliphatic rings. The Morgan fingerprint density at radius 3 is 2.69 bits per heavy atom. The summed E-state index contributed by atoms with van der Waals surface area (Å²) in [6, 6.07) is 0.748. The van der Waals surface area contributed by atoms with Gasteiger partial charge in [-0.05, 0) is 44.6 Å². The van der Waals surface area contributed by atoms with Crippen LogP contribution in [-0.4, -0.2) is 23.8 Å². The smallest absolute Gasteiger partial charge is 0.0538 e. The first-order chi connectivity index (χ1) is 7.77. The molecule has 0 spiro atoms. The van der Waals surface area contributed by atoms with Crippen molar-refractivity contribution < 1.29 is 5.11 Å². The van der Waals surface area contributed by atoms with Crippen LogP contribution in [0.25, 0.3) is 0 Å². The number of aliphatic hydroxyl groups excluding tert-OH is 1. The Bertz CT molecular complexity index is 172. The van der Waals surface area contributed by atoms with E-state index in [4.69, 9.17) is 0 Å². The number of rotatable bonds is 7. The predicted molar refractivity (Wildman–Crippen MR) is 69.6 cm³/mol. The van der Waals surface area contributed by atoms with Crippen LogP contribution in [0.3, 0.4) is 0 Å². The van der Waals surface area contributed by atoms with Gasteiger partial charge in [-0.2, -0.15) is 0 Å². The van der Waals surface area contributed by atoms with E-state index in [1.165, 1.54) is 32.1 Å². The molecule has 96 valence electrons. The lowest BCUT2D eigenvalue weighted by Crippen LogP contribution is -2.38. The van der Waals surface area contributed by atoms with Gasteiger partial charge in [0.2, 0.25) is 0 Å². The van der Waals surface area contributed by atoms with Gasteiger partial charge < -0.3 is 10.4 Å². The minimum atomic E-state index is -0.0878. The lowest BCUT2D eigenvalue weighted by Gasteiger charge is -2.31. The van der Waals surface area contributed by atoms with Crippen molar-refractivity contribution in [1.29, 1.82) is 0 Å². The van der Waals surface area contributed by atoms with Crippen molar-refractivity contribution in [3.05, 3.63) is 0 Å². The second kappa shape index (κ2) is 8.08. The molecule has 0 aromatic heterocycles. The van der Waals surface area contributed by atoms with E-state index in [9.17, 15) is 5.11 Å². The number of nitrogens with one attached hydrogen (secondary N) is 1. The minimum Gasteiger partial charge on any atom is -0.393 e. The maximum absolute atomic E-state index is 9.47. The van der Waals surface area contributed by atoms with Crippen LogP contribution in [-0.2, 0) is 0 Å². The van der Waals surface area contributed by atoms with Crippen molar-refractivity contribution >= 4 is 0 Å². The third-order valence-corrected chi connectivity index (χ3v) is 4.03. The van der Waals surface area contributed by atoms with E-state index in [1.54, 1.807) is 0 Å². The molecular formula is C14H29NO. The van der Waals surface area contributed by atoms with E-state index in [2.05, 4.69) is 12.2 Å². The standard InChI is InChI=1S/C14H29NO/c1-3-12-8-5-6-10-14(12)15-11-7-9-13(16)4-2/h12-16H,3-11H2,1-2H3. The largest absolute Gasteiger partial charge is 0.393 e. The summed E-state index contributed by atoms with van der Waals surface area (Å²) in [6.07, 6.45) is 9.76. The van der Waals surface area contributed by atoms with Crippen molar-refractivity contribution in [2.24, 2.45) is 5.92 Å². The van der Waals surface area contributed by atoms with Crippen LogP contribution >= 0.6 is 0 Å². The van der Waals surface area contributed by atoms with Gasteiger partial charge in [0.15, 0.2) is 0 Å². The van der Waals surface area contributed by atoms with Gasteiger partial charge in [0, 0.05) is 6.04 Å². The topological polar surface area (TPSA) is 32.3 Å². The Morgan fingerprint density at radius 2 is 2.00 bits per heavy atom.